The van der Waals surface area contributed by atoms with E-state index >= 15 is 0 Å². The van der Waals surface area contributed by atoms with Crippen LogP contribution in [0.4, 0.5) is 0 Å². The molecule has 0 fully saturated rings. The fraction of sp³-hybridized carbons (Fsp3) is 0.683. The smallest absolute Gasteiger partial charge is 0.326 e. The summed E-state index contributed by atoms with van der Waals surface area (Å²) in [6.45, 7) is 10.5. The quantitative estimate of drug-likeness (QED) is 0.0458. The summed E-state index contributed by atoms with van der Waals surface area (Å²) in [5, 5.41) is 35.8. The SMILES string of the molecule is CC[C@H](C)[C@H](NC(=O)[C@H](CCCCN)NC(=O)[C@H](CO)NC(=O)[C@H](CC(C)C)NC(=O)[C@@H](NC(=O)[C@@H](N)CCCCN)C(C)C)C(=O)N[C@@H](Cc1ccccc1)C(=O)O. The van der Waals surface area contributed by atoms with Crippen molar-refractivity contribution >= 4 is 41.4 Å². The Labute approximate surface area is 348 Å². The second-order valence-corrected chi connectivity index (χ2v) is 15.9. The number of hydrogen-bond acceptors (Lipinski definition) is 11. The molecule has 0 aromatic heterocycles. The van der Waals surface area contributed by atoms with Crippen molar-refractivity contribution in [2.45, 2.75) is 142 Å². The van der Waals surface area contributed by atoms with Crippen molar-refractivity contribution in [3.63, 3.8) is 0 Å². The highest BCUT2D eigenvalue weighted by Gasteiger charge is 2.35. The Morgan fingerprint density at radius 1 is 0.610 bits per heavy atom. The molecule has 0 heterocycles. The molecule has 18 heteroatoms. The van der Waals surface area contributed by atoms with Gasteiger partial charge in [-0.05, 0) is 74.9 Å². The highest BCUT2D eigenvalue weighted by Crippen LogP contribution is 2.13. The molecule has 1 aromatic rings. The van der Waals surface area contributed by atoms with Gasteiger partial charge in [-0.2, -0.15) is 0 Å². The first-order chi connectivity index (χ1) is 27.9. The molecule has 1 rings (SSSR count). The normalized spacial score (nSPS) is 15.4. The molecule has 0 bridgehead atoms. The maximum Gasteiger partial charge on any atom is 0.326 e. The molecule has 0 aliphatic rings. The van der Waals surface area contributed by atoms with Crippen molar-refractivity contribution in [1.29, 1.82) is 0 Å². The molecule has 334 valence electrons. The van der Waals surface area contributed by atoms with Gasteiger partial charge < -0.3 is 59.3 Å². The molecule has 1 aromatic carbocycles. The average Bonchev–Trinajstić information content (AvgIpc) is 3.19. The van der Waals surface area contributed by atoms with Gasteiger partial charge in [-0.15, -0.1) is 0 Å². The van der Waals surface area contributed by atoms with Crippen LogP contribution < -0.4 is 49.1 Å². The van der Waals surface area contributed by atoms with Crippen molar-refractivity contribution in [1.82, 2.24) is 31.9 Å². The predicted octanol–water partition coefficient (Wildman–Crippen LogP) is -0.452. The summed E-state index contributed by atoms with van der Waals surface area (Å²) >= 11 is 0. The van der Waals surface area contributed by atoms with E-state index in [0.717, 1.165) is 0 Å². The second-order valence-electron chi connectivity index (χ2n) is 15.9. The van der Waals surface area contributed by atoms with Crippen LogP contribution in [0.15, 0.2) is 30.3 Å². The summed E-state index contributed by atoms with van der Waals surface area (Å²) in [6.07, 6.45) is 3.30. The van der Waals surface area contributed by atoms with Gasteiger partial charge in [0.2, 0.25) is 35.4 Å². The Morgan fingerprint density at radius 3 is 1.63 bits per heavy atom. The van der Waals surface area contributed by atoms with Gasteiger partial charge in [0, 0.05) is 6.42 Å². The fourth-order valence-electron chi connectivity index (χ4n) is 6.17. The maximum absolute atomic E-state index is 13.8. The number of carboxylic acids is 1. The summed E-state index contributed by atoms with van der Waals surface area (Å²) in [4.78, 5) is 93.1. The molecule has 8 atom stereocenters. The zero-order valence-corrected chi connectivity index (χ0v) is 35.6. The molecule has 0 unspecified atom stereocenters. The lowest BCUT2D eigenvalue weighted by Crippen LogP contribution is -2.61. The number of aliphatic hydroxyl groups excluding tert-OH is 1. The van der Waals surface area contributed by atoms with Gasteiger partial charge in [-0.1, -0.05) is 84.7 Å². The first-order valence-corrected chi connectivity index (χ1v) is 20.8. The third-order valence-electron chi connectivity index (χ3n) is 9.98. The van der Waals surface area contributed by atoms with E-state index in [1.807, 2.05) is 13.8 Å². The molecular formula is C41H71N9O9. The van der Waals surface area contributed by atoms with Crippen LogP contribution in [0.5, 0.6) is 0 Å². The molecule has 0 saturated heterocycles. The number of carbonyl (C=O) groups is 7. The zero-order chi connectivity index (χ0) is 44.7. The van der Waals surface area contributed by atoms with Crippen LogP contribution in [0.3, 0.4) is 0 Å². The first kappa shape index (κ1) is 52.4. The Kier molecular flexibility index (Phi) is 24.8. The third-order valence-corrected chi connectivity index (χ3v) is 9.98. The van der Waals surface area contributed by atoms with Gasteiger partial charge in [0.15, 0.2) is 0 Å². The maximum atomic E-state index is 13.8. The molecule has 0 aliphatic heterocycles. The Bertz CT molecular complexity index is 1480. The molecule has 18 nitrogen and oxygen atoms in total. The first-order valence-electron chi connectivity index (χ1n) is 20.8. The fourth-order valence-corrected chi connectivity index (χ4v) is 6.17. The van der Waals surface area contributed by atoms with Gasteiger partial charge in [0.1, 0.15) is 36.3 Å². The summed E-state index contributed by atoms with van der Waals surface area (Å²) in [5.74, 6) is -6.48. The molecule has 59 heavy (non-hydrogen) atoms. The largest absolute Gasteiger partial charge is 0.480 e. The topological polar surface area (TPSA) is 310 Å². The van der Waals surface area contributed by atoms with Gasteiger partial charge in [-0.3, -0.25) is 28.8 Å². The molecule has 0 saturated carbocycles. The van der Waals surface area contributed by atoms with Gasteiger partial charge >= 0.3 is 5.97 Å². The lowest BCUT2D eigenvalue weighted by Gasteiger charge is -2.29. The molecule has 0 aliphatic carbocycles. The Morgan fingerprint density at radius 2 is 1.10 bits per heavy atom. The molecule has 0 radical (unpaired) electrons. The van der Waals surface area contributed by atoms with Crippen molar-refractivity contribution in [3.05, 3.63) is 35.9 Å². The van der Waals surface area contributed by atoms with Crippen LogP contribution >= 0.6 is 0 Å². The number of aliphatic carboxylic acids is 1. The van der Waals surface area contributed by atoms with Gasteiger partial charge in [0.25, 0.3) is 0 Å². The number of hydrogen-bond donors (Lipinski definition) is 11. The van der Waals surface area contributed by atoms with Gasteiger partial charge in [0.05, 0.1) is 12.6 Å². The number of aliphatic hydroxyl groups is 1. The van der Waals surface area contributed by atoms with Crippen molar-refractivity contribution in [2.24, 2.45) is 35.0 Å². The van der Waals surface area contributed by atoms with E-state index in [1.54, 1.807) is 58.0 Å². The van der Waals surface area contributed by atoms with E-state index in [0.29, 0.717) is 57.2 Å². The van der Waals surface area contributed by atoms with Crippen LogP contribution in [0.2, 0.25) is 0 Å². The number of carboxylic acid groups (broad SMARTS) is 1. The van der Waals surface area contributed by atoms with Crippen molar-refractivity contribution in [2.75, 3.05) is 19.7 Å². The molecule has 14 N–H and O–H groups in total. The molecule has 0 spiro atoms. The van der Waals surface area contributed by atoms with Crippen LogP contribution in [0.25, 0.3) is 0 Å². The number of carbonyl (C=O) groups excluding carboxylic acids is 6. The number of amides is 6. The predicted molar refractivity (Wildman–Crippen MR) is 224 cm³/mol. The third kappa shape index (κ3) is 19.3. The van der Waals surface area contributed by atoms with Crippen molar-refractivity contribution in [3.8, 4) is 0 Å². The van der Waals surface area contributed by atoms with E-state index in [4.69, 9.17) is 17.2 Å². The van der Waals surface area contributed by atoms with Gasteiger partial charge in [-0.25, -0.2) is 4.79 Å². The summed E-state index contributed by atoms with van der Waals surface area (Å²) in [7, 11) is 0. The Balaban J connectivity index is 3.20. The average molecular weight is 834 g/mol. The number of nitrogens with one attached hydrogen (secondary N) is 6. The van der Waals surface area contributed by atoms with E-state index < -0.39 is 96.2 Å². The molecule has 6 amide bonds. The second kappa shape index (κ2) is 27.9. The van der Waals surface area contributed by atoms with E-state index in [2.05, 4.69) is 31.9 Å². The monoisotopic (exact) mass is 834 g/mol. The van der Waals surface area contributed by atoms with Crippen molar-refractivity contribution < 1.29 is 43.8 Å². The number of unbranched alkanes of at least 4 members (excludes halogenated alkanes) is 2. The van der Waals surface area contributed by atoms with E-state index in [1.165, 1.54) is 0 Å². The highest BCUT2D eigenvalue weighted by molar-refractivity contribution is 5.97. The van der Waals surface area contributed by atoms with Crippen LogP contribution in [0, 0.1) is 17.8 Å². The Hall–Kier alpha value is -4.65. The molecular weight excluding hydrogens is 763 g/mol. The van der Waals surface area contributed by atoms with Crippen LogP contribution in [0.1, 0.15) is 98.5 Å². The lowest BCUT2D eigenvalue weighted by molar-refractivity contribution is -0.142. The van der Waals surface area contributed by atoms with Crippen LogP contribution in [-0.2, 0) is 40.0 Å². The minimum absolute atomic E-state index is 0.0103. The minimum Gasteiger partial charge on any atom is -0.480 e. The zero-order valence-electron chi connectivity index (χ0n) is 35.6. The highest BCUT2D eigenvalue weighted by atomic mass is 16.4. The summed E-state index contributed by atoms with van der Waals surface area (Å²) in [5.41, 5.74) is 17.9. The number of rotatable bonds is 29. The summed E-state index contributed by atoms with van der Waals surface area (Å²) < 4.78 is 0. The number of nitrogens with two attached hydrogens (primary N) is 3. The summed E-state index contributed by atoms with van der Waals surface area (Å²) in [6, 6.07) is 0.475. The van der Waals surface area contributed by atoms with Crippen LogP contribution in [-0.4, -0.2) is 114 Å². The number of benzene rings is 1. The minimum atomic E-state index is -1.55. The van der Waals surface area contributed by atoms with E-state index in [-0.39, 0.29) is 31.1 Å². The lowest BCUT2D eigenvalue weighted by atomic mass is 9.96. The van der Waals surface area contributed by atoms with E-state index in [9.17, 15) is 43.8 Å². The standard InChI is InChI=1S/C41H71N9O9/c1-7-26(6)34(40(57)47-31(41(58)59)22-27-15-9-8-10-16-27)50-36(53)29(18-12-14-20-43)45-38(55)32(23-51)48-37(54)30(21-24(2)3)46-39(56)33(25(4)5)49-35(52)28(44)17-11-13-19-42/h8-10,15-16,24-26,28-34,51H,7,11-14,17-23,42-44H2,1-6H3,(H,45,55)(H,46,56)(H,47,57)(H,48,54)(H,49,52)(H,50,53)(H,58,59)/t26-,28-,29-,30-,31-,32-,33-,34-/m0/s1.